The normalized spacial score (nSPS) is 20.2. The molecule has 6 heteroatoms. The van der Waals surface area contributed by atoms with Crippen LogP contribution in [0.5, 0.6) is 11.5 Å². The number of nitrogens with zero attached hydrogens (tertiary/aromatic N) is 2. The van der Waals surface area contributed by atoms with E-state index < -0.39 is 6.10 Å². The number of aliphatic hydroxyl groups is 2. The number of rotatable bonds is 11. The monoisotopic (exact) mass is 434 g/mol. The van der Waals surface area contributed by atoms with Crippen molar-refractivity contribution < 1.29 is 19.7 Å². The molecule has 2 aliphatic rings. The fourth-order valence-electron chi connectivity index (χ4n) is 5.05. The number of hydrogen-bond donors (Lipinski definition) is 2. The molecule has 0 unspecified atom stereocenters. The fourth-order valence-corrected chi connectivity index (χ4v) is 5.05. The van der Waals surface area contributed by atoms with Crippen LogP contribution >= 0.6 is 0 Å². The van der Waals surface area contributed by atoms with Crippen LogP contribution in [-0.4, -0.2) is 79.2 Å². The van der Waals surface area contributed by atoms with E-state index in [1.54, 1.807) is 7.11 Å². The molecule has 0 amide bonds. The number of likely N-dealkylation sites (tertiary alicyclic amines) is 1. The largest absolute Gasteiger partial charge is 0.493 e. The lowest BCUT2D eigenvalue weighted by Gasteiger charge is -2.32. The summed E-state index contributed by atoms with van der Waals surface area (Å²) in [4.78, 5) is 4.76. The molecule has 1 saturated carbocycles. The first-order valence-corrected chi connectivity index (χ1v) is 12.1. The highest BCUT2D eigenvalue weighted by Crippen LogP contribution is 2.30. The molecule has 2 fully saturated rings. The number of methoxy groups -OCH3 is 1. The molecule has 6 nitrogen and oxygen atoms in total. The van der Waals surface area contributed by atoms with Gasteiger partial charge in [-0.05, 0) is 75.9 Å². The zero-order chi connectivity index (χ0) is 22.1. The van der Waals surface area contributed by atoms with Crippen molar-refractivity contribution in [3.8, 4) is 11.5 Å². The number of likely N-dealkylation sites (N-methyl/N-ethyl adjacent to an activating group) is 1. The van der Waals surface area contributed by atoms with Crippen molar-refractivity contribution >= 4 is 0 Å². The van der Waals surface area contributed by atoms with Gasteiger partial charge in [0.1, 0.15) is 12.7 Å². The minimum Gasteiger partial charge on any atom is -0.493 e. The molecule has 0 bridgehead atoms. The summed E-state index contributed by atoms with van der Waals surface area (Å²) in [5.41, 5.74) is 1.21. The van der Waals surface area contributed by atoms with E-state index in [1.807, 2.05) is 6.07 Å². The van der Waals surface area contributed by atoms with Crippen LogP contribution in [0.4, 0.5) is 0 Å². The zero-order valence-electron chi connectivity index (χ0n) is 19.5. The first-order chi connectivity index (χ1) is 15.1. The Balaban J connectivity index is 1.46. The molecule has 0 spiro atoms. The highest BCUT2D eigenvalue weighted by atomic mass is 16.5. The molecule has 0 radical (unpaired) electrons. The van der Waals surface area contributed by atoms with Crippen molar-refractivity contribution in [2.45, 2.75) is 70.1 Å². The molecule has 1 aliphatic heterocycles. The Morgan fingerprint density at radius 1 is 1.10 bits per heavy atom. The average Bonchev–Trinajstić information content (AvgIpc) is 2.80. The smallest absolute Gasteiger partial charge is 0.161 e. The van der Waals surface area contributed by atoms with Gasteiger partial charge in [-0.3, -0.25) is 4.90 Å². The molecule has 2 N–H and O–H groups in total. The van der Waals surface area contributed by atoms with Crippen LogP contribution in [0.1, 0.15) is 56.9 Å². The van der Waals surface area contributed by atoms with Crippen LogP contribution in [0.25, 0.3) is 0 Å². The maximum atomic E-state index is 10.5. The molecule has 0 aromatic heterocycles. The second-order valence-electron chi connectivity index (χ2n) is 9.41. The summed E-state index contributed by atoms with van der Waals surface area (Å²) >= 11 is 0. The molecular weight excluding hydrogens is 392 g/mol. The van der Waals surface area contributed by atoms with Crippen molar-refractivity contribution in [3.05, 3.63) is 23.8 Å². The lowest BCUT2D eigenvalue weighted by atomic mass is 9.94. The van der Waals surface area contributed by atoms with Gasteiger partial charge in [-0.1, -0.05) is 25.3 Å². The van der Waals surface area contributed by atoms with E-state index in [0.717, 1.165) is 44.6 Å². The van der Waals surface area contributed by atoms with Gasteiger partial charge in [0.2, 0.25) is 0 Å². The molecule has 1 heterocycles. The number of ether oxygens (including phenoxy) is 2. The van der Waals surface area contributed by atoms with E-state index in [4.69, 9.17) is 14.6 Å². The van der Waals surface area contributed by atoms with Gasteiger partial charge < -0.3 is 24.6 Å². The zero-order valence-corrected chi connectivity index (χ0v) is 19.5. The summed E-state index contributed by atoms with van der Waals surface area (Å²) in [5, 5.41) is 19.6. The molecular formula is C25H42N2O4. The summed E-state index contributed by atoms with van der Waals surface area (Å²) in [6.45, 7) is 4.26. The molecule has 1 aliphatic carbocycles. The minimum atomic E-state index is -0.517. The van der Waals surface area contributed by atoms with E-state index in [1.165, 1.54) is 37.7 Å². The lowest BCUT2D eigenvalue weighted by Crippen LogP contribution is -2.40. The Morgan fingerprint density at radius 2 is 1.84 bits per heavy atom. The molecule has 1 aromatic carbocycles. The van der Waals surface area contributed by atoms with E-state index >= 15 is 0 Å². The molecule has 1 aromatic rings. The van der Waals surface area contributed by atoms with Crippen LogP contribution in [0.15, 0.2) is 18.2 Å². The minimum absolute atomic E-state index is 0.269. The van der Waals surface area contributed by atoms with E-state index in [0.29, 0.717) is 30.9 Å². The third kappa shape index (κ3) is 7.63. The summed E-state index contributed by atoms with van der Waals surface area (Å²) < 4.78 is 11.5. The molecule has 1 saturated heterocycles. The maximum absolute atomic E-state index is 10.5. The van der Waals surface area contributed by atoms with Gasteiger partial charge in [-0.25, -0.2) is 0 Å². The first-order valence-electron chi connectivity index (χ1n) is 12.1. The summed E-state index contributed by atoms with van der Waals surface area (Å²) in [6, 6.07) is 6.70. The first kappa shape index (κ1) is 24.3. The summed E-state index contributed by atoms with van der Waals surface area (Å²) in [6.07, 6.45) is 9.13. The fraction of sp³-hybridized carbons (Fsp3) is 0.760. The van der Waals surface area contributed by atoms with Gasteiger partial charge in [-0.15, -0.1) is 0 Å². The van der Waals surface area contributed by atoms with Crippen LogP contribution in [0.2, 0.25) is 0 Å². The number of piperidine rings is 1. The Morgan fingerprint density at radius 3 is 2.52 bits per heavy atom. The third-order valence-electron chi connectivity index (χ3n) is 7.01. The number of benzene rings is 1. The van der Waals surface area contributed by atoms with Gasteiger partial charge in [0.25, 0.3) is 0 Å². The second-order valence-corrected chi connectivity index (χ2v) is 9.41. The number of aliphatic hydroxyl groups excluding tert-OH is 2. The van der Waals surface area contributed by atoms with Gasteiger partial charge in [-0.2, -0.15) is 0 Å². The Labute approximate surface area is 188 Å². The quantitative estimate of drug-likeness (QED) is 0.557. The third-order valence-corrected chi connectivity index (χ3v) is 7.01. The van der Waals surface area contributed by atoms with Crippen LogP contribution in [0, 0.1) is 5.92 Å². The second kappa shape index (κ2) is 12.6. The molecule has 31 heavy (non-hydrogen) atoms. The van der Waals surface area contributed by atoms with Crippen molar-refractivity contribution in [3.63, 3.8) is 0 Å². The van der Waals surface area contributed by atoms with Crippen molar-refractivity contribution in [1.29, 1.82) is 0 Å². The summed E-state index contributed by atoms with van der Waals surface area (Å²) in [7, 11) is 3.78. The van der Waals surface area contributed by atoms with Crippen molar-refractivity contribution in [2.24, 2.45) is 5.92 Å². The molecule has 3 rings (SSSR count). The average molecular weight is 435 g/mol. The Hall–Kier alpha value is -1.34. The highest BCUT2D eigenvalue weighted by Gasteiger charge is 2.21. The Kier molecular flexibility index (Phi) is 9.91. The maximum Gasteiger partial charge on any atom is 0.161 e. The van der Waals surface area contributed by atoms with Gasteiger partial charge in [0.15, 0.2) is 11.5 Å². The molecule has 1 atom stereocenters. The van der Waals surface area contributed by atoms with E-state index in [2.05, 4.69) is 29.0 Å². The predicted octanol–water partition coefficient (Wildman–Crippen LogP) is 3.29. The predicted molar refractivity (Wildman–Crippen MR) is 124 cm³/mol. The standard InChI is InChI=1S/C25H42N2O4/c1-26(22-6-4-3-5-7-22)18-23(29)19-31-24-9-8-21(16-25(24)30-2)17-27-13-10-20(11-14-27)12-15-28/h8-9,16,20,22-23,28-29H,3-7,10-15,17-19H2,1-2H3/t23-/m1/s1. The Bertz CT molecular complexity index is 642. The van der Waals surface area contributed by atoms with Crippen molar-refractivity contribution in [2.75, 3.05) is 47.0 Å². The van der Waals surface area contributed by atoms with Gasteiger partial charge in [0, 0.05) is 25.7 Å². The van der Waals surface area contributed by atoms with Crippen molar-refractivity contribution in [1.82, 2.24) is 9.80 Å². The number of hydrogen-bond acceptors (Lipinski definition) is 6. The van der Waals surface area contributed by atoms with Crippen LogP contribution < -0.4 is 9.47 Å². The molecule has 176 valence electrons. The SMILES string of the molecule is COc1cc(CN2CCC(CCO)CC2)ccc1OC[C@H](O)CN(C)C1CCCCC1. The highest BCUT2D eigenvalue weighted by molar-refractivity contribution is 5.43. The summed E-state index contributed by atoms with van der Waals surface area (Å²) in [5.74, 6) is 2.07. The van der Waals surface area contributed by atoms with Crippen LogP contribution in [-0.2, 0) is 6.54 Å². The topological polar surface area (TPSA) is 65.4 Å². The lowest BCUT2D eigenvalue weighted by molar-refractivity contribution is 0.0553. The van der Waals surface area contributed by atoms with Crippen LogP contribution in [0.3, 0.4) is 0 Å². The van der Waals surface area contributed by atoms with Gasteiger partial charge in [0.05, 0.1) is 7.11 Å². The van der Waals surface area contributed by atoms with E-state index in [-0.39, 0.29) is 6.61 Å². The van der Waals surface area contributed by atoms with E-state index in [9.17, 15) is 5.11 Å². The van der Waals surface area contributed by atoms with Gasteiger partial charge >= 0.3 is 0 Å².